The molecule has 1 heterocycles. The fourth-order valence-electron chi connectivity index (χ4n) is 2.19. The molecule has 0 bridgehead atoms. The van der Waals surface area contributed by atoms with Crippen LogP contribution in [-0.4, -0.2) is 24.3 Å². The Balaban J connectivity index is 1.81. The zero-order valence-corrected chi connectivity index (χ0v) is 11.8. The Bertz CT molecular complexity index is 452. The van der Waals surface area contributed by atoms with Gasteiger partial charge in [0.1, 0.15) is 5.60 Å². The fourth-order valence-corrected chi connectivity index (χ4v) is 2.19. The number of carbonyl (C=O) groups is 1. The number of hydrogen-bond acceptors (Lipinski definition) is 3. The normalized spacial score (nSPS) is 18.6. The fraction of sp³-hybridized carbons (Fsp3) is 0.533. The second-order valence-corrected chi connectivity index (χ2v) is 5.93. The molecule has 4 nitrogen and oxygen atoms in total. The highest BCUT2D eigenvalue weighted by atomic mass is 16.6. The molecule has 0 saturated carbocycles. The molecule has 1 aromatic carbocycles. The van der Waals surface area contributed by atoms with Crippen molar-refractivity contribution in [3.05, 3.63) is 35.4 Å². The molecule has 1 aliphatic rings. The Labute approximate surface area is 114 Å². The first-order valence-electron chi connectivity index (χ1n) is 6.71. The van der Waals surface area contributed by atoms with E-state index in [1.54, 1.807) is 0 Å². The zero-order chi connectivity index (χ0) is 13.9. The van der Waals surface area contributed by atoms with E-state index < -0.39 is 5.60 Å². The van der Waals surface area contributed by atoms with Gasteiger partial charge in [-0.25, -0.2) is 4.79 Å². The van der Waals surface area contributed by atoms with E-state index >= 15 is 0 Å². The number of ether oxygens (including phenoxy) is 1. The molecule has 0 saturated heterocycles. The molecule has 2 N–H and O–H groups in total. The minimum Gasteiger partial charge on any atom is -0.444 e. The van der Waals surface area contributed by atoms with E-state index in [-0.39, 0.29) is 12.1 Å². The predicted molar refractivity (Wildman–Crippen MR) is 75.0 cm³/mol. The summed E-state index contributed by atoms with van der Waals surface area (Å²) in [7, 11) is 0. The average Bonchev–Trinajstić information content (AvgIpc) is 2.34. The van der Waals surface area contributed by atoms with Crippen molar-refractivity contribution in [3.8, 4) is 0 Å². The summed E-state index contributed by atoms with van der Waals surface area (Å²) in [5, 5.41) is 6.24. The van der Waals surface area contributed by atoms with Crippen molar-refractivity contribution in [2.75, 3.05) is 6.54 Å². The van der Waals surface area contributed by atoms with Gasteiger partial charge in [-0.1, -0.05) is 24.3 Å². The number of nitrogens with one attached hydrogen (secondary N) is 2. The van der Waals surface area contributed by atoms with Crippen LogP contribution in [0.5, 0.6) is 0 Å². The highest BCUT2D eigenvalue weighted by Crippen LogP contribution is 2.15. The van der Waals surface area contributed by atoms with Crippen molar-refractivity contribution >= 4 is 6.09 Å². The van der Waals surface area contributed by atoms with Gasteiger partial charge in [-0.15, -0.1) is 0 Å². The van der Waals surface area contributed by atoms with E-state index in [9.17, 15) is 4.79 Å². The summed E-state index contributed by atoms with van der Waals surface area (Å²) in [6, 6.07) is 8.67. The molecule has 2 rings (SSSR count). The first-order valence-corrected chi connectivity index (χ1v) is 6.71. The highest BCUT2D eigenvalue weighted by molar-refractivity contribution is 5.67. The Hall–Kier alpha value is -1.55. The molecule has 0 radical (unpaired) electrons. The van der Waals surface area contributed by atoms with Gasteiger partial charge in [0.15, 0.2) is 0 Å². The van der Waals surface area contributed by atoms with Crippen molar-refractivity contribution < 1.29 is 9.53 Å². The van der Waals surface area contributed by atoms with Crippen LogP contribution in [-0.2, 0) is 17.7 Å². The maximum absolute atomic E-state index is 11.6. The Morgan fingerprint density at radius 3 is 2.74 bits per heavy atom. The Morgan fingerprint density at radius 2 is 2.05 bits per heavy atom. The average molecular weight is 262 g/mol. The molecule has 0 unspecified atom stereocenters. The lowest BCUT2D eigenvalue weighted by Gasteiger charge is -2.27. The van der Waals surface area contributed by atoms with Gasteiger partial charge in [0.05, 0.1) is 0 Å². The standard InChI is InChI=1S/C15H22N2O2/c1-15(2,3)19-14(18)17-10-13-8-11-6-4-5-7-12(11)9-16-13/h4-7,13,16H,8-10H2,1-3H3,(H,17,18)/t13-/m1/s1. The molecule has 0 fully saturated rings. The summed E-state index contributed by atoms with van der Waals surface area (Å²) in [5.41, 5.74) is 2.25. The number of alkyl carbamates (subject to hydrolysis) is 1. The second kappa shape index (κ2) is 5.61. The summed E-state index contributed by atoms with van der Waals surface area (Å²) in [5.74, 6) is 0. The maximum Gasteiger partial charge on any atom is 0.407 e. The number of rotatable bonds is 2. The van der Waals surface area contributed by atoms with Gasteiger partial charge < -0.3 is 15.4 Å². The molecular formula is C15H22N2O2. The Kier molecular flexibility index (Phi) is 4.10. The Morgan fingerprint density at radius 1 is 1.37 bits per heavy atom. The lowest BCUT2D eigenvalue weighted by molar-refractivity contribution is 0.0522. The highest BCUT2D eigenvalue weighted by Gasteiger charge is 2.20. The molecule has 0 spiro atoms. The summed E-state index contributed by atoms with van der Waals surface area (Å²) in [6.45, 7) is 7.03. The van der Waals surface area contributed by atoms with Crippen molar-refractivity contribution in [1.82, 2.24) is 10.6 Å². The van der Waals surface area contributed by atoms with Crippen LogP contribution in [0.1, 0.15) is 31.9 Å². The van der Waals surface area contributed by atoms with Crippen LogP contribution in [0, 0.1) is 0 Å². The van der Waals surface area contributed by atoms with Crippen LogP contribution in [0.2, 0.25) is 0 Å². The summed E-state index contributed by atoms with van der Waals surface area (Å²) < 4.78 is 5.22. The number of benzene rings is 1. The molecule has 1 aromatic rings. The quantitative estimate of drug-likeness (QED) is 0.859. The van der Waals surface area contributed by atoms with Crippen molar-refractivity contribution in [2.24, 2.45) is 0 Å². The van der Waals surface area contributed by atoms with Crippen LogP contribution in [0.3, 0.4) is 0 Å². The zero-order valence-electron chi connectivity index (χ0n) is 11.8. The lowest BCUT2D eigenvalue weighted by Crippen LogP contribution is -2.45. The summed E-state index contributed by atoms with van der Waals surface area (Å²) in [6.07, 6.45) is 0.583. The van der Waals surface area contributed by atoms with E-state index in [0.29, 0.717) is 6.54 Å². The molecule has 0 aromatic heterocycles. The monoisotopic (exact) mass is 262 g/mol. The van der Waals surface area contributed by atoms with Gasteiger partial charge in [0, 0.05) is 19.1 Å². The lowest BCUT2D eigenvalue weighted by atomic mass is 9.96. The first-order chi connectivity index (χ1) is 8.94. The first kappa shape index (κ1) is 13.9. The summed E-state index contributed by atoms with van der Waals surface area (Å²) >= 11 is 0. The van der Waals surface area contributed by atoms with Gasteiger partial charge >= 0.3 is 6.09 Å². The van der Waals surface area contributed by atoms with Gasteiger partial charge in [-0.2, -0.15) is 0 Å². The van der Waals surface area contributed by atoms with Crippen LogP contribution in [0.15, 0.2) is 24.3 Å². The number of amides is 1. The minimum absolute atomic E-state index is 0.266. The van der Waals surface area contributed by atoms with Crippen LogP contribution < -0.4 is 10.6 Å². The SMILES string of the molecule is CC(C)(C)OC(=O)NC[C@H]1Cc2ccccc2CN1. The maximum atomic E-state index is 11.6. The molecule has 4 heteroatoms. The molecule has 1 atom stereocenters. The number of carbonyl (C=O) groups excluding carboxylic acids is 1. The third-order valence-corrected chi connectivity index (χ3v) is 3.06. The molecule has 104 valence electrons. The van der Waals surface area contributed by atoms with E-state index in [1.807, 2.05) is 20.8 Å². The minimum atomic E-state index is -0.448. The third kappa shape index (κ3) is 4.24. The van der Waals surface area contributed by atoms with E-state index in [2.05, 4.69) is 34.9 Å². The van der Waals surface area contributed by atoms with Gasteiger partial charge in [0.25, 0.3) is 0 Å². The number of hydrogen-bond donors (Lipinski definition) is 2. The molecule has 0 aliphatic carbocycles. The van der Waals surface area contributed by atoms with Gasteiger partial charge in [0.2, 0.25) is 0 Å². The third-order valence-electron chi connectivity index (χ3n) is 3.06. The summed E-state index contributed by atoms with van der Waals surface area (Å²) in [4.78, 5) is 11.6. The predicted octanol–water partition coefficient (Wildman–Crippen LogP) is 2.23. The number of fused-ring (bicyclic) bond motifs is 1. The van der Waals surface area contributed by atoms with Crippen molar-refractivity contribution in [2.45, 2.75) is 45.4 Å². The van der Waals surface area contributed by atoms with Crippen LogP contribution >= 0.6 is 0 Å². The van der Waals surface area contributed by atoms with Gasteiger partial charge in [-0.05, 0) is 38.3 Å². The van der Waals surface area contributed by atoms with E-state index in [4.69, 9.17) is 4.74 Å². The van der Waals surface area contributed by atoms with Crippen molar-refractivity contribution in [1.29, 1.82) is 0 Å². The molecular weight excluding hydrogens is 240 g/mol. The topological polar surface area (TPSA) is 50.4 Å². The molecule has 1 aliphatic heterocycles. The van der Waals surface area contributed by atoms with Crippen molar-refractivity contribution in [3.63, 3.8) is 0 Å². The van der Waals surface area contributed by atoms with Crippen LogP contribution in [0.4, 0.5) is 4.79 Å². The van der Waals surface area contributed by atoms with Gasteiger partial charge in [-0.3, -0.25) is 0 Å². The second-order valence-electron chi connectivity index (χ2n) is 5.93. The molecule has 19 heavy (non-hydrogen) atoms. The largest absolute Gasteiger partial charge is 0.444 e. The van der Waals surface area contributed by atoms with E-state index in [0.717, 1.165) is 13.0 Å². The van der Waals surface area contributed by atoms with Crippen LogP contribution in [0.25, 0.3) is 0 Å². The smallest absolute Gasteiger partial charge is 0.407 e. The van der Waals surface area contributed by atoms with E-state index in [1.165, 1.54) is 11.1 Å². The molecule has 1 amide bonds.